The first-order chi connectivity index (χ1) is 2.00. The van der Waals surface area contributed by atoms with Crippen LogP contribution in [0.5, 0.6) is 0 Å². The Balaban J connectivity index is -0.0000000133. The standard InChI is InChI=1S/2K.H2O4Te.2H2O/c;;1-5(2,3)4;;/h;;(H2,1,2,3,4);2*1H2/q2*+1;;;/p-2. The van der Waals surface area contributed by atoms with Gasteiger partial charge in [-0.1, -0.05) is 0 Å². The summed E-state index contributed by atoms with van der Waals surface area (Å²) in [6.45, 7) is 0. The van der Waals surface area contributed by atoms with Crippen LogP contribution in [-0.2, 0) is 6.21 Å². The second kappa shape index (κ2) is 14.1. The average Bonchev–Trinajstić information content (AvgIpc) is 0.722. The molecule has 0 aromatic heterocycles. The molecular weight excluding hydrogens is 302 g/mol. The molecule has 0 radical (unpaired) electrons. The SMILES string of the molecule is O.O.O=[Te](=O)([O-])[O-].[K+].[K+]. The van der Waals surface area contributed by atoms with Gasteiger partial charge in [0.25, 0.3) is 0 Å². The van der Waals surface area contributed by atoms with E-state index in [4.69, 9.17) is 13.2 Å². The molecule has 0 heterocycles. The predicted octanol–water partition coefficient (Wildman–Crippen LogP) is -10.6. The van der Waals surface area contributed by atoms with Crippen molar-refractivity contribution in [2.45, 2.75) is 0 Å². The summed E-state index contributed by atoms with van der Waals surface area (Å²) in [6.07, 6.45) is 0. The van der Waals surface area contributed by atoms with Crippen molar-refractivity contribution in [3.63, 3.8) is 0 Å². The van der Waals surface area contributed by atoms with Crippen LogP contribution in [0.15, 0.2) is 0 Å². The molecule has 0 fully saturated rings. The van der Waals surface area contributed by atoms with E-state index in [0.29, 0.717) is 0 Å². The van der Waals surface area contributed by atoms with Crippen LogP contribution in [0.3, 0.4) is 0 Å². The van der Waals surface area contributed by atoms with E-state index in [2.05, 4.69) is 0 Å². The second-order valence-corrected chi connectivity index (χ2v) is 2.74. The second-order valence-electron chi connectivity index (χ2n) is 0.408. The largest absolute Gasteiger partial charge is 1.00 e. The van der Waals surface area contributed by atoms with Crippen LogP contribution in [0, 0.1) is 0 Å². The third-order valence-corrected chi connectivity index (χ3v) is 0. The quantitative estimate of drug-likeness (QED) is 0.409. The zero-order chi connectivity index (χ0) is 4.50. The Kier molecular flexibility index (Phi) is 45.9. The molecule has 0 atom stereocenters. The predicted molar refractivity (Wildman–Crippen MR) is 14.4 cm³/mol. The summed E-state index contributed by atoms with van der Waals surface area (Å²) in [5.41, 5.74) is 0. The molecule has 0 amide bonds. The summed E-state index contributed by atoms with van der Waals surface area (Å²) >= 11 is -6.02. The van der Waals surface area contributed by atoms with Crippen molar-refractivity contribution in [1.29, 1.82) is 0 Å². The minimum absolute atomic E-state index is 0. The first-order valence-corrected chi connectivity index (χ1v) is 4.47. The van der Waals surface area contributed by atoms with E-state index in [9.17, 15) is 0 Å². The van der Waals surface area contributed by atoms with E-state index < -0.39 is 19.0 Å². The molecule has 0 bridgehead atoms. The Bertz CT molecular complexity index is 94.2. The van der Waals surface area contributed by atoms with Crippen LogP contribution in [0.25, 0.3) is 0 Å². The number of hydrogen-bond acceptors (Lipinski definition) is 4. The number of hydrogen-bond donors (Lipinski definition) is 0. The van der Waals surface area contributed by atoms with Crippen LogP contribution < -0.4 is 110 Å². The van der Waals surface area contributed by atoms with Gasteiger partial charge in [-0.15, -0.1) is 0 Å². The summed E-state index contributed by atoms with van der Waals surface area (Å²) in [4.78, 5) is 0. The van der Waals surface area contributed by atoms with Crippen molar-refractivity contribution in [3.05, 3.63) is 0 Å². The van der Waals surface area contributed by atoms with Crippen LogP contribution in [0.4, 0.5) is 0 Å². The maximum absolute atomic E-state index is 8.63. The van der Waals surface area contributed by atoms with Crippen LogP contribution >= 0.6 is 0 Å². The summed E-state index contributed by atoms with van der Waals surface area (Å²) in [7, 11) is 0. The first kappa shape index (κ1) is 29.4. The molecule has 0 spiro atoms. The first-order valence-electron chi connectivity index (χ1n) is 0.667. The van der Waals surface area contributed by atoms with Gasteiger partial charge < -0.3 is 11.0 Å². The van der Waals surface area contributed by atoms with Crippen LogP contribution in [0.1, 0.15) is 0 Å². The third-order valence-electron chi connectivity index (χ3n) is 0. The van der Waals surface area contributed by atoms with Gasteiger partial charge in [0.15, 0.2) is 0 Å². The Morgan fingerprint density at radius 1 is 0.889 bits per heavy atom. The van der Waals surface area contributed by atoms with Gasteiger partial charge in [0, 0.05) is 0 Å². The van der Waals surface area contributed by atoms with E-state index in [0.717, 1.165) is 0 Å². The van der Waals surface area contributed by atoms with Gasteiger partial charge in [-0.3, -0.25) is 0 Å². The molecule has 6 nitrogen and oxygen atoms in total. The van der Waals surface area contributed by atoms with E-state index in [-0.39, 0.29) is 114 Å². The van der Waals surface area contributed by atoms with Crippen molar-refractivity contribution >= 4 is 19.0 Å². The van der Waals surface area contributed by atoms with E-state index in [1.807, 2.05) is 0 Å². The molecular formula is H4K2O6Te. The molecule has 9 heteroatoms. The monoisotopic (exact) mass is 308 g/mol. The summed E-state index contributed by atoms with van der Waals surface area (Å²) < 4.78 is 34.5. The Morgan fingerprint density at radius 2 is 0.889 bits per heavy atom. The van der Waals surface area contributed by atoms with Gasteiger partial charge in [0.05, 0.1) is 0 Å². The van der Waals surface area contributed by atoms with E-state index in [1.54, 1.807) is 0 Å². The molecule has 0 aliphatic heterocycles. The minimum atomic E-state index is -6.02. The molecule has 0 saturated carbocycles. The molecule has 9 heavy (non-hydrogen) atoms. The molecule has 48 valence electrons. The molecule has 0 rings (SSSR count). The Hall–Kier alpha value is 3.50. The molecule has 4 N–H and O–H groups in total. The summed E-state index contributed by atoms with van der Waals surface area (Å²) in [5, 5.41) is 0. The molecule has 0 saturated heterocycles. The molecule has 0 aliphatic rings. The van der Waals surface area contributed by atoms with Gasteiger partial charge >= 0.3 is 135 Å². The van der Waals surface area contributed by atoms with Gasteiger partial charge in [0.1, 0.15) is 0 Å². The van der Waals surface area contributed by atoms with Crippen molar-refractivity contribution in [2.24, 2.45) is 0 Å². The molecule has 0 unspecified atom stereocenters. The molecule has 0 aliphatic carbocycles. The Morgan fingerprint density at radius 3 is 0.889 bits per heavy atom. The van der Waals surface area contributed by atoms with Crippen LogP contribution in [0.2, 0.25) is 0 Å². The van der Waals surface area contributed by atoms with Crippen molar-refractivity contribution in [3.8, 4) is 0 Å². The average molecular weight is 306 g/mol. The summed E-state index contributed by atoms with van der Waals surface area (Å²) in [5.74, 6) is 0. The molecule has 0 aromatic carbocycles. The topological polar surface area (TPSA) is 143 Å². The zero-order valence-corrected chi connectivity index (χ0v) is 13.6. The third kappa shape index (κ3) is 84.7. The van der Waals surface area contributed by atoms with Crippen molar-refractivity contribution in [1.82, 2.24) is 0 Å². The van der Waals surface area contributed by atoms with Crippen molar-refractivity contribution < 1.29 is 127 Å². The zero-order valence-electron chi connectivity index (χ0n) is 5.04. The maximum atomic E-state index is 8.63. The van der Waals surface area contributed by atoms with E-state index >= 15 is 0 Å². The minimum Gasteiger partial charge on any atom is 1.00 e. The fourth-order valence-electron chi connectivity index (χ4n) is 0. The Labute approximate surface area is 141 Å². The number of rotatable bonds is 0. The van der Waals surface area contributed by atoms with Crippen LogP contribution in [-0.4, -0.2) is 29.9 Å². The van der Waals surface area contributed by atoms with Crippen molar-refractivity contribution in [2.75, 3.05) is 0 Å². The molecule has 0 aromatic rings. The van der Waals surface area contributed by atoms with Gasteiger partial charge in [-0.2, -0.15) is 0 Å². The fourth-order valence-corrected chi connectivity index (χ4v) is 0. The smallest absolute Gasteiger partial charge is 1.00 e. The van der Waals surface area contributed by atoms with Gasteiger partial charge in [-0.05, 0) is 0 Å². The van der Waals surface area contributed by atoms with Gasteiger partial charge in [0.2, 0.25) is 0 Å². The van der Waals surface area contributed by atoms with E-state index in [1.165, 1.54) is 0 Å². The maximum Gasteiger partial charge on any atom is 1.00 e. The normalized spacial score (nSPS) is 6.44. The van der Waals surface area contributed by atoms with Gasteiger partial charge in [-0.25, -0.2) is 0 Å². The fraction of sp³-hybridized carbons (Fsp3) is 0. The summed E-state index contributed by atoms with van der Waals surface area (Å²) in [6, 6.07) is 0.